The number of aromatic nitrogens is 1. The Balaban J connectivity index is 1.46. The molecule has 1 saturated heterocycles. The number of hydrogen-bond donors (Lipinski definition) is 3. The Labute approximate surface area is 159 Å². The van der Waals surface area contributed by atoms with Gasteiger partial charge in [-0.25, -0.2) is 0 Å². The van der Waals surface area contributed by atoms with Crippen LogP contribution in [0.3, 0.4) is 0 Å². The molecule has 8 heteroatoms. The Hall–Kier alpha value is -2.61. The Kier molecular flexibility index (Phi) is 5.72. The van der Waals surface area contributed by atoms with Crippen molar-refractivity contribution in [3.05, 3.63) is 58.3 Å². The summed E-state index contributed by atoms with van der Waals surface area (Å²) in [6.45, 7) is 0.941. The van der Waals surface area contributed by atoms with Crippen LogP contribution >= 0.6 is 15.9 Å². The van der Waals surface area contributed by atoms with Crippen molar-refractivity contribution < 1.29 is 14.4 Å². The molecule has 7 nitrogen and oxygen atoms in total. The topological polar surface area (TPSA) is 94.3 Å². The van der Waals surface area contributed by atoms with Crippen molar-refractivity contribution in [3.8, 4) is 0 Å². The number of hydrogen-bond acceptors (Lipinski definition) is 3. The summed E-state index contributed by atoms with van der Waals surface area (Å²) in [7, 11) is 0. The lowest BCUT2D eigenvalue weighted by Crippen LogP contribution is -2.45. The number of likely N-dealkylation sites (tertiary alicyclic amines) is 1. The molecule has 1 unspecified atom stereocenters. The highest BCUT2D eigenvalue weighted by Crippen LogP contribution is 2.18. The van der Waals surface area contributed by atoms with Gasteiger partial charge in [0.1, 0.15) is 5.69 Å². The number of amides is 3. The summed E-state index contributed by atoms with van der Waals surface area (Å²) in [5.41, 5.74) is 6.22. The van der Waals surface area contributed by atoms with Crippen LogP contribution in [0.15, 0.2) is 47.1 Å². The highest BCUT2D eigenvalue weighted by atomic mass is 79.9. The maximum Gasteiger partial charge on any atom is 0.286 e. The number of carbonyl (C=O) groups excluding carboxylic acids is 3. The van der Waals surface area contributed by atoms with Gasteiger partial charge in [-0.15, -0.1) is 0 Å². The van der Waals surface area contributed by atoms with E-state index in [2.05, 4.69) is 31.8 Å². The van der Waals surface area contributed by atoms with Crippen LogP contribution in [0.25, 0.3) is 0 Å². The molecule has 1 aromatic heterocycles. The first kappa shape index (κ1) is 18.2. The standard InChI is InChI=1S/C18H19BrN4O3/c19-14-9-15(20-10-14)18(26)22-21-17(25)13-8-16(24)23(11-13)7-6-12-4-2-1-3-5-12/h1-5,9-10,13,20H,6-8,11H2,(H,21,25)(H,22,26). The molecule has 1 aromatic carbocycles. The molecule has 136 valence electrons. The van der Waals surface area contributed by atoms with Crippen molar-refractivity contribution in [2.45, 2.75) is 12.8 Å². The third-order valence-corrected chi connectivity index (χ3v) is 4.75. The average molecular weight is 419 g/mol. The second-order valence-electron chi connectivity index (χ2n) is 6.15. The quantitative estimate of drug-likeness (QED) is 0.644. The predicted octanol–water partition coefficient (Wildman–Crippen LogP) is 1.63. The normalized spacial score (nSPS) is 16.6. The zero-order valence-electron chi connectivity index (χ0n) is 14.0. The molecule has 1 aliphatic heterocycles. The van der Waals surface area contributed by atoms with Crippen LogP contribution in [0.1, 0.15) is 22.5 Å². The molecular weight excluding hydrogens is 400 g/mol. The van der Waals surface area contributed by atoms with E-state index in [-0.39, 0.29) is 18.2 Å². The van der Waals surface area contributed by atoms with Gasteiger partial charge in [0.2, 0.25) is 11.8 Å². The molecule has 26 heavy (non-hydrogen) atoms. The van der Waals surface area contributed by atoms with Crippen molar-refractivity contribution >= 4 is 33.7 Å². The monoisotopic (exact) mass is 418 g/mol. The minimum Gasteiger partial charge on any atom is -0.356 e. The zero-order chi connectivity index (χ0) is 18.5. The van der Waals surface area contributed by atoms with E-state index in [1.807, 2.05) is 30.3 Å². The summed E-state index contributed by atoms with van der Waals surface area (Å²) in [6, 6.07) is 11.5. The van der Waals surface area contributed by atoms with Gasteiger partial charge >= 0.3 is 0 Å². The number of rotatable bonds is 5. The Bertz CT molecular complexity index is 806. The van der Waals surface area contributed by atoms with Gasteiger partial charge in [-0.3, -0.25) is 25.2 Å². The molecule has 1 aliphatic rings. The third-order valence-electron chi connectivity index (χ3n) is 4.29. The van der Waals surface area contributed by atoms with Crippen LogP contribution in [0.5, 0.6) is 0 Å². The second kappa shape index (κ2) is 8.18. The first-order valence-electron chi connectivity index (χ1n) is 8.29. The summed E-state index contributed by atoms with van der Waals surface area (Å²) in [5, 5.41) is 0. The predicted molar refractivity (Wildman–Crippen MR) is 98.9 cm³/mol. The van der Waals surface area contributed by atoms with E-state index in [0.29, 0.717) is 18.8 Å². The fourth-order valence-electron chi connectivity index (χ4n) is 2.86. The van der Waals surface area contributed by atoms with Crippen LogP contribution in [0.2, 0.25) is 0 Å². The molecule has 2 heterocycles. The van der Waals surface area contributed by atoms with Gasteiger partial charge in [-0.2, -0.15) is 0 Å². The molecule has 3 amide bonds. The Morgan fingerprint density at radius 1 is 1.23 bits per heavy atom. The first-order valence-corrected chi connectivity index (χ1v) is 9.08. The van der Waals surface area contributed by atoms with E-state index in [4.69, 9.17) is 0 Å². The lowest BCUT2D eigenvalue weighted by molar-refractivity contribution is -0.129. The summed E-state index contributed by atoms with van der Waals surface area (Å²) < 4.78 is 0.740. The van der Waals surface area contributed by atoms with E-state index in [1.165, 1.54) is 0 Å². The molecule has 1 atom stereocenters. The van der Waals surface area contributed by atoms with E-state index in [1.54, 1.807) is 17.2 Å². The van der Waals surface area contributed by atoms with Crippen molar-refractivity contribution in [3.63, 3.8) is 0 Å². The van der Waals surface area contributed by atoms with Gasteiger partial charge in [-0.1, -0.05) is 30.3 Å². The van der Waals surface area contributed by atoms with Crippen molar-refractivity contribution in [2.24, 2.45) is 5.92 Å². The summed E-state index contributed by atoms with van der Waals surface area (Å²) in [5.74, 6) is -1.32. The van der Waals surface area contributed by atoms with Gasteiger partial charge in [0, 0.05) is 30.2 Å². The number of nitrogens with one attached hydrogen (secondary N) is 3. The Morgan fingerprint density at radius 3 is 2.69 bits per heavy atom. The van der Waals surface area contributed by atoms with Gasteiger partial charge in [0.15, 0.2) is 0 Å². The molecule has 0 bridgehead atoms. The maximum absolute atomic E-state index is 12.2. The Morgan fingerprint density at radius 2 is 2.00 bits per heavy atom. The second-order valence-corrected chi connectivity index (χ2v) is 7.07. The van der Waals surface area contributed by atoms with Gasteiger partial charge in [0.25, 0.3) is 5.91 Å². The fourth-order valence-corrected chi connectivity index (χ4v) is 3.20. The molecular formula is C18H19BrN4O3. The van der Waals surface area contributed by atoms with E-state index in [9.17, 15) is 14.4 Å². The molecule has 3 rings (SSSR count). The van der Waals surface area contributed by atoms with Crippen LogP contribution in [-0.4, -0.2) is 40.7 Å². The molecule has 1 fully saturated rings. The van der Waals surface area contributed by atoms with Gasteiger partial charge < -0.3 is 9.88 Å². The molecule has 0 spiro atoms. The highest BCUT2D eigenvalue weighted by Gasteiger charge is 2.34. The highest BCUT2D eigenvalue weighted by molar-refractivity contribution is 9.10. The number of H-pyrrole nitrogens is 1. The lowest BCUT2D eigenvalue weighted by atomic mass is 10.1. The van der Waals surface area contributed by atoms with Crippen LogP contribution < -0.4 is 10.9 Å². The van der Waals surface area contributed by atoms with E-state index >= 15 is 0 Å². The van der Waals surface area contributed by atoms with Crippen LogP contribution in [0, 0.1) is 5.92 Å². The SMILES string of the molecule is O=C(NNC(=O)C1CC(=O)N(CCc2ccccc2)C1)c1cc(Br)c[nH]1. The van der Waals surface area contributed by atoms with Gasteiger partial charge in [0.05, 0.1) is 5.92 Å². The molecule has 0 aliphatic carbocycles. The smallest absolute Gasteiger partial charge is 0.286 e. The number of aromatic amines is 1. The van der Waals surface area contributed by atoms with Crippen molar-refractivity contribution in [1.29, 1.82) is 0 Å². The third kappa shape index (κ3) is 4.51. The summed E-state index contributed by atoms with van der Waals surface area (Å²) >= 11 is 3.24. The van der Waals surface area contributed by atoms with Crippen LogP contribution in [0.4, 0.5) is 0 Å². The number of benzene rings is 1. The van der Waals surface area contributed by atoms with Crippen molar-refractivity contribution in [2.75, 3.05) is 13.1 Å². The molecule has 3 N–H and O–H groups in total. The largest absolute Gasteiger partial charge is 0.356 e. The fraction of sp³-hybridized carbons (Fsp3) is 0.278. The van der Waals surface area contributed by atoms with Gasteiger partial charge in [-0.05, 0) is 34.0 Å². The van der Waals surface area contributed by atoms with E-state index in [0.717, 1.165) is 16.5 Å². The maximum atomic E-state index is 12.2. The number of hydrazine groups is 1. The average Bonchev–Trinajstić information content (AvgIpc) is 3.24. The summed E-state index contributed by atoms with van der Waals surface area (Å²) in [6.07, 6.45) is 2.53. The number of nitrogens with zero attached hydrogens (tertiary/aromatic N) is 1. The minimum atomic E-state index is -0.464. The molecule has 2 aromatic rings. The molecule has 0 saturated carbocycles. The lowest BCUT2D eigenvalue weighted by Gasteiger charge is -2.16. The molecule has 0 radical (unpaired) electrons. The number of halogens is 1. The van der Waals surface area contributed by atoms with Crippen molar-refractivity contribution in [1.82, 2.24) is 20.7 Å². The summed E-state index contributed by atoms with van der Waals surface area (Å²) in [4.78, 5) is 40.7. The van der Waals surface area contributed by atoms with Crippen LogP contribution in [-0.2, 0) is 16.0 Å². The van der Waals surface area contributed by atoms with E-state index < -0.39 is 11.8 Å². The zero-order valence-corrected chi connectivity index (χ0v) is 15.6. The minimum absolute atomic E-state index is 0.0410. The first-order chi connectivity index (χ1) is 12.5. The number of carbonyl (C=O) groups is 3.